The van der Waals surface area contributed by atoms with Crippen molar-refractivity contribution in [2.24, 2.45) is 5.14 Å². The molecule has 2 unspecified atom stereocenters. The van der Waals surface area contributed by atoms with Gasteiger partial charge in [-0.2, -0.15) is 0 Å². The number of sulfonamides is 1. The van der Waals surface area contributed by atoms with Crippen LogP contribution in [0.5, 0.6) is 0 Å². The van der Waals surface area contributed by atoms with Crippen molar-refractivity contribution in [2.45, 2.75) is 43.0 Å². The zero-order valence-electron chi connectivity index (χ0n) is 10.3. The largest absolute Gasteiger partial charge is 0.447 e. The summed E-state index contributed by atoms with van der Waals surface area (Å²) >= 11 is 0. The van der Waals surface area contributed by atoms with E-state index in [1.54, 1.807) is 13.2 Å². The van der Waals surface area contributed by atoms with Gasteiger partial charge in [0.2, 0.25) is 5.09 Å². The maximum absolute atomic E-state index is 11.0. The first kappa shape index (κ1) is 13.5. The number of furan rings is 1. The smallest absolute Gasteiger partial charge is 0.271 e. The SMILES string of the molecule is COC1CCCC1NCc1ccc(S(N)(=O)=O)o1. The molecule has 1 heterocycles. The summed E-state index contributed by atoms with van der Waals surface area (Å²) in [5, 5.41) is 8.08. The summed E-state index contributed by atoms with van der Waals surface area (Å²) in [7, 11) is -2.05. The van der Waals surface area contributed by atoms with Gasteiger partial charge in [-0.15, -0.1) is 0 Å². The average Bonchev–Trinajstić information content (AvgIpc) is 2.94. The Morgan fingerprint density at radius 2 is 2.28 bits per heavy atom. The van der Waals surface area contributed by atoms with Gasteiger partial charge in [0.1, 0.15) is 5.76 Å². The second-order valence-electron chi connectivity index (χ2n) is 4.46. The van der Waals surface area contributed by atoms with Crippen molar-refractivity contribution in [3.8, 4) is 0 Å². The maximum atomic E-state index is 11.0. The first-order chi connectivity index (χ1) is 8.50. The van der Waals surface area contributed by atoms with Gasteiger partial charge < -0.3 is 14.5 Å². The molecule has 1 aliphatic rings. The van der Waals surface area contributed by atoms with Gasteiger partial charge in [-0.1, -0.05) is 0 Å². The van der Waals surface area contributed by atoms with Crippen LogP contribution in [0.3, 0.4) is 0 Å². The Bertz CT molecular complexity index is 497. The fourth-order valence-electron chi connectivity index (χ4n) is 2.28. The third kappa shape index (κ3) is 3.11. The maximum Gasteiger partial charge on any atom is 0.271 e. The molecule has 1 fully saturated rings. The minimum Gasteiger partial charge on any atom is -0.447 e. The van der Waals surface area contributed by atoms with Gasteiger partial charge in [0.15, 0.2) is 0 Å². The number of nitrogens with two attached hydrogens (primary N) is 1. The molecular weight excluding hydrogens is 256 g/mol. The fourth-order valence-corrected chi connectivity index (χ4v) is 2.76. The first-order valence-corrected chi connectivity index (χ1v) is 7.43. The van der Waals surface area contributed by atoms with Crippen molar-refractivity contribution in [3.63, 3.8) is 0 Å². The highest BCUT2D eigenvalue weighted by molar-refractivity contribution is 7.89. The summed E-state index contributed by atoms with van der Waals surface area (Å²) in [6.45, 7) is 0.472. The molecule has 0 bridgehead atoms. The predicted octanol–water partition coefficient (Wildman–Crippen LogP) is 0.584. The lowest BCUT2D eigenvalue weighted by atomic mass is 10.2. The van der Waals surface area contributed by atoms with Crippen LogP contribution < -0.4 is 10.5 Å². The van der Waals surface area contributed by atoms with Crippen molar-refractivity contribution >= 4 is 10.0 Å². The second kappa shape index (κ2) is 5.40. The van der Waals surface area contributed by atoms with E-state index in [0.29, 0.717) is 12.3 Å². The van der Waals surface area contributed by atoms with E-state index in [4.69, 9.17) is 14.3 Å². The molecule has 2 rings (SSSR count). The third-order valence-electron chi connectivity index (χ3n) is 3.21. The highest BCUT2D eigenvalue weighted by Crippen LogP contribution is 2.22. The molecule has 0 spiro atoms. The van der Waals surface area contributed by atoms with Crippen molar-refractivity contribution in [1.82, 2.24) is 5.32 Å². The van der Waals surface area contributed by atoms with Crippen LogP contribution in [0.4, 0.5) is 0 Å². The average molecular weight is 274 g/mol. The van der Waals surface area contributed by atoms with Crippen molar-refractivity contribution < 1.29 is 17.6 Å². The summed E-state index contributed by atoms with van der Waals surface area (Å²) in [6.07, 6.45) is 3.46. The number of ether oxygens (including phenoxy) is 1. The summed E-state index contributed by atoms with van der Waals surface area (Å²) in [5.74, 6) is 0.556. The number of rotatable bonds is 5. The summed E-state index contributed by atoms with van der Waals surface area (Å²) in [6, 6.07) is 3.27. The molecule has 2 atom stereocenters. The Morgan fingerprint density at radius 1 is 1.50 bits per heavy atom. The first-order valence-electron chi connectivity index (χ1n) is 5.88. The van der Waals surface area contributed by atoms with Crippen molar-refractivity contribution in [2.75, 3.05) is 7.11 Å². The van der Waals surface area contributed by atoms with Gasteiger partial charge in [-0.25, -0.2) is 13.6 Å². The van der Waals surface area contributed by atoms with Gasteiger partial charge in [0.25, 0.3) is 10.0 Å². The van der Waals surface area contributed by atoms with E-state index in [1.807, 2.05) is 0 Å². The van der Waals surface area contributed by atoms with Crippen molar-refractivity contribution in [1.29, 1.82) is 0 Å². The highest BCUT2D eigenvalue weighted by Gasteiger charge is 2.26. The minimum absolute atomic E-state index is 0.200. The van der Waals surface area contributed by atoms with E-state index in [2.05, 4.69) is 5.32 Å². The zero-order valence-corrected chi connectivity index (χ0v) is 11.1. The van der Waals surface area contributed by atoms with Gasteiger partial charge in [0, 0.05) is 13.2 Å². The lowest BCUT2D eigenvalue weighted by molar-refractivity contribution is 0.0840. The van der Waals surface area contributed by atoms with Crippen LogP contribution in [0.2, 0.25) is 0 Å². The van der Waals surface area contributed by atoms with Gasteiger partial charge in [0.05, 0.1) is 12.6 Å². The van der Waals surface area contributed by atoms with Crippen LogP contribution in [0.15, 0.2) is 21.6 Å². The molecular formula is C11H18N2O4S. The molecule has 7 heteroatoms. The molecule has 0 radical (unpaired) electrons. The molecule has 1 aliphatic carbocycles. The normalized spacial score (nSPS) is 24.6. The van der Waals surface area contributed by atoms with Crippen molar-refractivity contribution in [3.05, 3.63) is 17.9 Å². The molecule has 1 aromatic heterocycles. The van der Waals surface area contributed by atoms with E-state index in [0.717, 1.165) is 19.3 Å². The van der Waals surface area contributed by atoms with E-state index in [9.17, 15) is 8.42 Å². The zero-order chi connectivity index (χ0) is 13.2. The summed E-state index contributed by atoms with van der Waals surface area (Å²) in [5.41, 5.74) is 0. The highest BCUT2D eigenvalue weighted by atomic mass is 32.2. The molecule has 6 nitrogen and oxygen atoms in total. The molecule has 102 valence electrons. The van der Waals surface area contributed by atoms with E-state index >= 15 is 0 Å². The van der Waals surface area contributed by atoms with E-state index in [1.165, 1.54) is 6.07 Å². The molecule has 3 N–H and O–H groups in total. The Kier molecular flexibility index (Phi) is 4.06. The van der Waals surface area contributed by atoms with Crippen LogP contribution >= 0.6 is 0 Å². The second-order valence-corrected chi connectivity index (χ2v) is 5.95. The Balaban J connectivity index is 1.92. The number of methoxy groups -OCH3 is 1. The van der Waals surface area contributed by atoms with Crippen LogP contribution in [-0.4, -0.2) is 27.7 Å². The van der Waals surface area contributed by atoms with Gasteiger partial charge in [-0.3, -0.25) is 0 Å². The number of hydrogen-bond acceptors (Lipinski definition) is 5. The van der Waals surface area contributed by atoms with E-state index in [-0.39, 0.29) is 17.2 Å². The van der Waals surface area contributed by atoms with Crippen LogP contribution in [0, 0.1) is 0 Å². The number of hydrogen-bond donors (Lipinski definition) is 2. The standard InChI is InChI=1S/C11H18N2O4S/c1-16-10-4-2-3-9(10)13-7-8-5-6-11(17-8)18(12,14)15/h5-6,9-10,13H,2-4,7H2,1H3,(H2,12,14,15). The third-order valence-corrected chi connectivity index (χ3v) is 3.99. The lowest BCUT2D eigenvalue weighted by Crippen LogP contribution is -2.36. The Labute approximate surface area is 107 Å². The molecule has 0 saturated heterocycles. The minimum atomic E-state index is -3.75. The summed E-state index contributed by atoms with van der Waals surface area (Å²) in [4.78, 5) is 0. The Hall–Kier alpha value is -0.890. The van der Waals surface area contributed by atoms with Crippen LogP contribution in [0.1, 0.15) is 25.0 Å². The lowest BCUT2D eigenvalue weighted by Gasteiger charge is -2.18. The van der Waals surface area contributed by atoms with E-state index < -0.39 is 10.0 Å². The molecule has 18 heavy (non-hydrogen) atoms. The topological polar surface area (TPSA) is 94.6 Å². The summed E-state index contributed by atoms with van der Waals surface area (Å²) < 4.78 is 32.6. The fraction of sp³-hybridized carbons (Fsp3) is 0.636. The number of nitrogens with one attached hydrogen (secondary N) is 1. The van der Waals surface area contributed by atoms with Crippen LogP contribution in [0.25, 0.3) is 0 Å². The monoisotopic (exact) mass is 274 g/mol. The quantitative estimate of drug-likeness (QED) is 0.819. The molecule has 0 amide bonds. The van der Waals surface area contributed by atoms with Gasteiger partial charge in [-0.05, 0) is 31.4 Å². The molecule has 1 saturated carbocycles. The Morgan fingerprint density at radius 3 is 2.89 bits per heavy atom. The number of primary sulfonamides is 1. The van der Waals surface area contributed by atoms with Crippen LogP contribution in [-0.2, 0) is 21.3 Å². The predicted molar refractivity (Wildman–Crippen MR) is 65.4 cm³/mol. The molecule has 0 aromatic carbocycles. The molecule has 0 aliphatic heterocycles. The molecule has 1 aromatic rings. The van der Waals surface area contributed by atoms with Gasteiger partial charge >= 0.3 is 0 Å².